The molecule has 20 heavy (non-hydrogen) atoms. The molecule has 0 spiro atoms. The Balaban J connectivity index is 2.07. The molecule has 0 amide bonds. The highest BCUT2D eigenvalue weighted by molar-refractivity contribution is 6.00. The summed E-state index contributed by atoms with van der Waals surface area (Å²) in [5, 5.41) is 19.0. The van der Waals surface area contributed by atoms with Gasteiger partial charge < -0.3 is 14.9 Å². The van der Waals surface area contributed by atoms with Gasteiger partial charge in [0.25, 0.3) is 0 Å². The van der Waals surface area contributed by atoms with Gasteiger partial charge in [-0.1, -0.05) is 0 Å². The molecule has 1 atom stereocenters. The summed E-state index contributed by atoms with van der Waals surface area (Å²) in [4.78, 5) is 14.3. The lowest BCUT2D eigenvalue weighted by Gasteiger charge is -2.41. The van der Waals surface area contributed by atoms with E-state index in [1.807, 2.05) is 25.7 Å². The van der Waals surface area contributed by atoms with E-state index in [0.717, 1.165) is 0 Å². The van der Waals surface area contributed by atoms with Crippen molar-refractivity contribution in [2.24, 2.45) is 0 Å². The van der Waals surface area contributed by atoms with Crippen molar-refractivity contribution in [1.29, 1.82) is 0 Å². The number of phenols is 2. The number of phenolic OH excluding ortho intramolecular Hbond substituents is 2. The van der Waals surface area contributed by atoms with Gasteiger partial charge in [-0.15, -0.1) is 0 Å². The molecule has 1 aliphatic rings. The van der Waals surface area contributed by atoms with E-state index in [4.69, 9.17) is 4.74 Å². The molecular weight excluding hydrogens is 258 g/mol. The number of carbonyl (C=O) groups is 1. The van der Waals surface area contributed by atoms with Crippen molar-refractivity contribution < 1.29 is 19.7 Å². The molecule has 1 fully saturated rings. The first-order valence-corrected chi connectivity index (χ1v) is 6.72. The van der Waals surface area contributed by atoms with Crippen molar-refractivity contribution in [1.82, 2.24) is 4.90 Å². The number of rotatable bonds is 3. The van der Waals surface area contributed by atoms with E-state index in [-0.39, 0.29) is 41.1 Å². The highest BCUT2D eigenvalue weighted by atomic mass is 16.5. The summed E-state index contributed by atoms with van der Waals surface area (Å²) in [6.07, 6.45) is 0.0694. The van der Waals surface area contributed by atoms with Gasteiger partial charge in [0.15, 0.2) is 5.78 Å². The van der Waals surface area contributed by atoms with E-state index in [9.17, 15) is 15.0 Å². The Hall–Kier alpha value is -1.59. The van der Waals surface area contributed by atoms with Gasteiger partial charge in [-0.25, -0.2) is 0 Å². The number of carbonyl (C=O) groups excluding carboxylic acids is 1. The molecule has 1 aliphatic heterocycles. The van der Waals surface area contributed by atoms with E-state index < -0.39 is 0 Å². The molecule has 1 saturated heterocycles. The van der Waals surface area contributed by atoms with Crippen molar-refractivity contribution in [3.8, 4) is 11.5 Å². The molecule has 2 N–H and O–H groups in total. The zero-order chi connectivity index (χ0) is 14.9. The van der Waals surface area contributed by atoms with Crippen molar-refractivity contribution in [2.75, 3.05) is 19.6 Å². The molecule has 0 aliphatic carbocycles. The minimum atomic E-state index is -0.283. The van der Waals surface area contributed by atoms with Crippen LogP contribution in [0.3, 0.4) is 0 Å². The van der Waals surface area contributed by atoms with Crippen molar-refractivity contribution in [3.05, 3.63) is 23.8 Å². The number of hydrogen-bond acceptors (Lipinski definition) is 5. The summed E-state index contributed by atoms with van der Waals surface area (Å²) in [7, 11) is 0. The lowest BCUT2D eigenvalue weighted by Crippen LogP contribution is -2.53. The molecule has 0 aromatic heterocycles. The Morgan fingerprint density at radius 1 is 1.45 bits per heavy atom. The predicted octanol–water partition coefficient (Wildman–Crippen LogP) is 1.78. The van der Waals surface area contributed by atoms with Crippen molar-refractivity contribution in [2.45, 2.75) is 32.5 Å². The Morgan fingerprint density at radius 3 is 2.75 bits per heavy atom. The summed E-state index contributed by atoms with van der Waals surface area (Å²) in [5.41, 5.74) is -0.0469. The van der Waals surface area contributed by atoms with Crippen LogP contribution in [-0.2, 0) is 4.74 Å². The third-order valence-electron chi connectivity index (χ3n) is 3.29. The number of ether oxygens (including phenoxy) is 1. The fourth-order valence-corrected chi connectivity index (χ4v) is 2.75. The zero-order valence-electron chi connectivity index (χ0n) is 12.1. The molecule has 1 aromatic rings. The zero-order valence-corrected chi connectivity index (χ0v) is 12.1. The van der Waals surface area contributed by atoms with Crippen LogP contribution in [0.15, 0.2) is 18.2 Å². The third kappa shape index (κ3) is 3.49. The van der Waals surface area contributed by atoms with Gasteiger partial charge in [0.05, 0.1) is 23.8 Å². The lowest BCUT2D eigenvalue weighted by molar-refractivity contribution is -0.126. The second-order valence-corrected chi connectivity index (χ2v) is 5.98. The Bertz CT molecular complexity index is 513. The second kappa shape index (κ2) is 5.42. The Morgan fingerprint density at radius 2 is 2.15 bits per heavy atom. The van der Waals surface area contributed by atoms with Gasteiger partial charge in [-0.2, -0.15) is 0 Å². The average Bonchev–Trinajstić information content (AvgIpc) is 2.25. The van der Waals surface area contributed by atoms with Crippen LogP contribution >= 0.6 is 0 Å². The van der Waals surface area contributed by atoms with Crippen LogP contribution < -0.4 is 0 Å². The molecule has 1 aromatic carbocycles. The number of Topliss-reactive ketones (excluding diaryl/α,β-unsaturated/α-hetero) is 1. The molecule has 5 nitrogen and oxygen atoms in total. The van der Waals surface area contributed by atoms with Crippen LogP contribution in [0.2, 0.25) is 0 Å². The monoisotopic (exact) mass is 279 g/mol. The maximum atomic E-state index is 12.2. The number of benzene rings is 1. The summed E-state index contributed by atoms with van der Waals surface area (Å²) >= 11 is 0. The van der Waals surface area contributed by atoms with Crippen LogP contribution in [0.5, 0.6) is 11.5 Å². The van der Waals surface area contributed by atoms with Crippen molar-refractivity contribution in [3.63, 3.8) is 0 Å². The molecular formula is C15H21NO4. The van der Waals surface area contributed by atoms with Crippen LogP contribution in [0.4, 0.5) is 0 Å². The second-order valence-electron chi connectivity index (χ2n) is 5.98. The van der Waals surface area contributed by atoms with E-state index in [0.29, 0.717) is 13.1 Å². The third-order valence-corrected chi connectivity index (χ3v) is 3.29. The largest absolute Gasteiger partial charge is 0.508 e. The molecule has 1 unspecified atom stereocenters. The molecule has 2 rings (SSSR count). The van der Waals surface area contributed by atoms with Gasteiger partial charge in [-0.05, 0) is 32.9 Å². The SMILES string of the molecule is CC1CN(CC(=O)c2ccc(O)cc2O)CC(C)(C)O1. The van der Waals surface area contributed by atoms with Gasteiger partial charge in [0.1, 0.15) is 11.5 Å². The summed E-state index contributed by atoms with van der Waals surface area (Å²) in [6.45, 7) is 7.57. The van der Waals surface area contributed by atoms with Gasteiger partial charge in [0, 0.05) is 19.2 Å². The highest BCUT2D eigenvalue weighted by Crippen LogP contribution is 2.25. The number of nitrogens with zero attached hydrogens (tertiary/aromatic N) is 1. The van der Waals surface area contributed by atoms with Crippen LogP contribution in [0, 0.1) is 0 Å². The maximum absolute atomic E-state index is 12.2. The molecule has 110 valence electrons. The summed E-state index contributed by atoms with van der Waals surface area (Å²) < 4.78 is 5.80. The van der Waals surface area contributed by atoms with E-state index in [2.05, 4.69) is 0 Å². The fraction of sp³-hybridized carbons (Fsp3) is 0.533. The van der Waals surface area contributed by atoms with Crippen LogP contribution in [-0.4, -0.2) is 52.2 Å². The number of ketones is 1. The molecule has 0 saturated carbocycles. The first-order chi connectivity index (χ1) is 9.27. The summed E-state index contributed by atoms with van der Waals surface area (Å²) in [5.74, 6) is -0.400. The topological polar surface area (TPSA) is 70.0 Å². The Labute approximate surface area is 118 Å². The smallest absolute Gasteiger partial charge is 0.180 e. The normalized spacial score (nSPS) is 22.6. The average molecular weight is 279 g/mol. The van der Waals surface area contributed by atoms with E-state index in [1.165, 1.54) is 18.2 Å². The van der Waals surface area contributed by atoms with Gasteiger partial charge >= 0.3 is 0 Å². The molecule has 5 heteroatoms. The van der Waals surface area contributed by atoms with Gasteiger partial charge in [0.2, 0.25) is 0 Å². The minimum Gasteiger partial charge on any atom is -0.508 e. The predicted molar refractivity (Wildman–Crippen MR) is 75.2 cm³/mol. The quantitative estimate of drug-likeness (QED) is 0.825. The molecule has 1 heterocycles. The highest BCUT2D eigenvalue weighted by Gasteiger charge is 2.32. The molecule has 0 bridgehead atoms. The lowest BCUT2D eigenvalue weighted by atomic mass is 10.0. The standard InChI is InChI=1S/C15H21NO4/c1-10-7-16(9-15(2,3)20-10)8-14(19)12-5-4-11(17)6-13(12)18/h4-6,10,17-18H,7-9H2,1-3H3. The Kier molecular flexibility index (Phi) is 4.01. The minimum absolute atomic E-state index is 0.0554. The molecule has 0 radical (unpaired) electrons. The maximum Gasteiger partial charge on any atom is 0.180 e. The van der Waals surface area contributed by atoms with E-state index in [1.54, 1.807) is 0 Å². The van der Waals surface area contributed by atoms with Gasteiger partial charge in [-0.3, -0.25) is 9.69 Å². The first kappa shape index (κ1) is 14.8. The number of aromatic hydroxyl groups is 2. The van der Waals surface area contributed by atoms with Crippen molar-refractivity contribution >= 4 is 5.78 Å². The van der Waals surface area contributed by atoms with Crippen LogP contribution in [0.1, 0.15) is 31.1 Å². The fourth-order valence-electron chi connectivity index (χ4n) is 2.75. The van der Waals surface area contributed by atoms with Crippen LogP contribution in [0.25, 0.3) is 0 Å². The number of morpholine rings is 1. The number of hydrogen-bond donors (Lipinski definition) is 2. The first-order valence-electron chi connectivity index (χ1n) is 6.72. The summed E-state index contributed by atoms with van der Waals surface area (Å²) in [6, 6.07) is 4.03. The van der Waals surface area contributed by atoms with E-state index >= 15 is 0 Å².